The second-order valence-corrected chi connectivity index (χ2v) is 19.3. The summed E-state index contributed by atoms with van der Waals surface area (Å²) in [6, 6.07) is 5.72. The molecule has 2 N–H and O–H groups in total. The Kier molecular flexibility index (Phi) is 10.2. The van der Waals surface area contributed by atoms with E-state index in [1.807, 2.05) is 0 Å². The predicted molar refractivity (Wildman–Crippen MR) is 156 cm³/mol. The average molecular weight is 602 g/mol. The molecule has 0 aromatic heterocycles. The number of amides is 1. The molecule has 11 nitrogen and oxygen atoms in total. The fourth-order valence-corrected chi connectivity index (χ4v) is 6.38. The summed E-state index contributed by atoms with van der Waals surface area (Å²) in [6.07, 6.45) is -1.96. The number of hydrazine groups is 1. The number of carbonyl (C=O) groups is 1. The summed E-state index contributed by atoms with van der Waals surface area (Å²) in [5.41, 5.74) is -0.265. The Bertz CT molecular complexity index is 1210. The fourth-order valence-electron chi connectivity index (χ4n) is 3.80. The van der Waals surface area contributed by atoms with Gasteiger partial charge < -0.3 is 14.3 Å². The number of hydrogen-bond acceptors (Lipinski definition) is 9. The summed E-state index contributed by atoms with van der Waals surface area (Å²) in [4.78, 5) is 17.7. The van der Waals surface area contributed by atoms with Crippen LogP contribution in [-0.4, -0.2) is 81.0 Å². The molecule has 1 aromatic rings. The lowest BCUT2D eigenvalue weighted by Crippen LogP contribution is -2.59. The molecule has 0 saturated carbocycles. The molecule has 0 radical (unpaired) electrons. The van der Waals surface area contributed by atoms with Gasteiger partial charge in [0.25, 0.3) is 0 Å². The molecule has 0 spiro atoms. The first-order valence-electron chi connectivity index (χ1n) is 13.0. The van der Waals surface area contributed by atoms with E-state index >= 15 is 4.39 Å². The highest BCUT2D eigenvalue weighted by molar-refractivity contribution is 7.89. The van der Waals surface area contributed by atoms with Gasteiger partial charge in [0.15, 0.2) is 8.32 Å². The SMILES string of the molecule is C=NNN(C(=O)OC(C)(C)C)C1=NC(CCC(O)CO[Si](C)(C)C(C)(C)C)(c2ccccc2F)CS(=O)(=O)N1C. The number of benzene rings is 1. The van der Waals surface area contributed by atoms with E-state index in [0.29, 0.717) is 5.01 Å². The molecule has 2 atom stereocenters. The van der Waals surface area contributed by atoms with Gasteiger partial charge in [-0.25, -0.2) is 32.4 Å². The van der Waals surface area contributed by atoms with Crippen molar-refractivity contribution in [3.8, 4) is 0 Å². The Morgan fingerprint density at radius 1 is 1.30 bits per heavy atom. The number of guanidine groups is 1. The number of nitrogens with zero attached hydrogens (tertiary/aromatic N) is 4. The summed E-state index contributed by atoms with van der Waals surface area (Å²) in [5.74, 6) is -1.65. The largest absolute Gasteiger partial charge is 0.442 e. The van der Waals surface area contributed by atoms with Crippen molar-refractivity contribution >= 4 is 37.1 Å². The molecule has 0 aliphatic carbocycles. The van der Waals surface area contributed by atoms with Gasteiger partial charge in [-0.15, -0.1) is 5.01 Å². The number of aliphatic imine (C=N–C) groups is 1. The summed E-state index contributed by atoms with van der Waals surface area (Å²) in [6.45, 7) is 18.7. The highest BCUT2D eigenvalue weighted by Crippen LogP contribution is 2.40. The maximum atomic E-state index is 15.3. The van der Waals surface area contributed by atoms with Crippen LogP contribution in [0.15, 0.2) is 34.4 Å². The first-order valence-corrected chi connectivity index (χ1v) is 17.6. The molecular weight excluding hydrogens is 557 g/mol. The van der Waals surface area contributed by atoms with Gasteiger partial charge in [0, 0.05) is 19.3 Å². The van der Waals surface area contributed by atoms with Crippen LogP contribution in [0.25, 0.3) is 0 Å². The standard InChI is InChI=1S/C26H44FN5O6SSi/c1-24(2,3)38-23(34)32(30-28-7)22-29-26(18-39(35,36)31(22)8,20-13-11-12-14-21(20)27)16-15-19(33)17-37-40(9,10)25(4,5)6/h11-14,19,30,33H,7,15-18H2,1-6,8-10H3. The highest BCUT2D eigenvalue weighted by atomic mass is 32.2. The lowest BCUT2D eigenvalue weighted by molar-refractivity contribution is 0.0281. The van der Waals surface area contributed by atoms with Crippen LogP contribution in [0.1, 0.15) is 59.9 Å². The van der Waals surface area contributed by atoms with Crippen molar-refractivity contribution in [2.24, 2.45) is 10.1 Å². The predicted octanol–water partition coefficient (Wildman–Crippen LogP) is 4.17. The number of hydrogen-bond donors (Lipinski definition) is 2. The van der Waals surface area contributed by atoms with Crippen molar-refractivity contribution in [1.82, 2.24) is 14.8 Å². The molecule has 14 heteroatoms. The molecule has 226 valence electrons. The number of halogens is 1. The first-order chi connectivity index (χ1) is 18.2. The zero-order chi connectivity index (χ0) is 30.7. The Labute approximate surface area is 238 Å². The third-order valence-corrected chi connectivity index (χ3v) is 13.4. The zero-order valence-corrected chi connectivity index (χ0v) is 26.8. The van der Waals surface area contributed by atoms with Crippen molar-refractivity contribution in [3.63, 3.8) is 0 Å². The van der Waals surface area contributed by atoms with E-state index in [-0.39, 0.29) is 36.0 Å². The van der Waals surface area contributed by atoms with Crippen LogP contribution in [0.2, 0.25) is 18.1 Å². The van der Waals surface area contributed by atoms with Crippen LogP contribution in [0.5, 0.6) is 0 Å². The highest BCUT2D eigenvalue weighted by Gasteiger charge is 2.48. The topological polar surface area (TPSA) is 133 Å². The number of aliphatic hydroxyl groups excluding tert-OH is 1. The summed E-state index contributed by atoms with van der Waals surface area (Å²) < 4.78 is 54.7. The number of rotatable bonds is 9. The smallest absolute Gasteiger partial charge is 0.437 e. The Hall–Kier alpha value is -2.55. The normalized spacial score (nSPS) is 20.4. The Morgan fingerprint density at radius 2 is 1.90 bits per heavy atom. The zero-order valence-electron chi connectivity index (χ0n) is 25.0. The number of sulfonamides is 1. The van der Waals surface area contributed by atoms with Gasteiger partial charge in [0.1, 0.15) is 17.0 Å². The lowest BCUT2D eigenvalue weighted by atomic mass is 9.86. The lowest BCUT2D eigenvalue weighted by Gasteiger charge is -2.41. The van der Waals surface area contributed by atoms with Crippen LogP contribution in [0, 0.1) is 5.82 Å². The third kappa shape index (κ3) is 8.01. The number of ether oxygens (including phenoxy) is 1. The van der Waals surface area contributed by atoms with E-state index in [1.54, 1.807) is 26.8 Å². The summed E-state index contributed by atoms with van der Waals surface area (Å²) in [5, 5.41) is 15.0. The maximum absolute atomic E-state index is 15.3. The van der Waals surface area contributed by atoms with Gasteiger partial charge in [-0.05, 0) is 57.8 Å². The van der Waals surface area contributed by atoms with Gasteiger partial charge in [-0.1, -0.05) is 39.0 Å². The quantitative estimate of drug-likeness (QED) is 0.247. The van der Waals surface area contributed by atoms with E-state index in [2.05, 4.69) is 56.2 Å². The van der Waals surface area contributed by atoms with E-state index in [0.717, 1.165) is 4.31 Å². The van der Waals surface area contributed by atoms with Gasteiger partial charge in [0.2, 0.25) is 16.0 Å². The minimum absolute atomic E-state index is 0.0115. The van der Waals surface area contributed by atoms with Crippen LogP contribution >= 0.6 is 0 Å². The average Bonchev–Trinajstić information content (AvgIpc) is 2.80. The van der Waals surface area contributed by atoms with E-state index in [1.165, 1.54) is 25.2 Å². The molecule has 0 bridgehead atoms. The van der Waals surface area contributed by atoms with Crippen LogP contribution in [-0.2, 0) is 24.7 Å². The number of carbonyl (C=O) groups excluding carboxylic acids is 1. The van der Waals surface area contributed by atoms with Crippen LogP contribution in [0.3, 0.4) is 0 Å². The molecule has 1 aliphatic rings. The molecule has 1 aromatic carbocycles. The number of aliphatic hydroxyl groups is 1. The second-order valence-electron chi connectivity index (χ2n) is 12.5. The fraction of sp³-hybridized carbons (Fsp3) is 0.654. The van der Waals surface area contributed by atoms with Gasteiger partial charge in [-0.2, -0.15) is 5.10 Å². The molecule has 1 aliphatic heterocycles. The van der Waals surface area contributed by atoms with Gasteiger partial charge in [-0.3, -0.25) is 0 Å². The minimum atomic E-state index is -4.15. The number of hydrazone groups is 1. The van der Waals surface area contributed by atoms with E-state index in [9.17, 15) is 18.3 Å². The van der Waals surface area contributed by atoms with Crippen molar-refractivity contribution in [2.45, 2.75) is 89.8 Å². The summed E-state index contributed by atoms with van der Waals surface area (Å²) in [7, 11) is -5.08. The van der Waals surface area contributed by atoms with Crippen LogP contribution < -0.4 is 5.53 Å². The van der Waals surface area contributed by atoms with Crippen molar-refractivity contribution in [1.29, 1.82) is 0 Å². The third-order valence-electron chi connectivity index (χ3n) is 7.09. The Morgan fingerprint density at radius 3 is 2.42 bits per heavy atom. The maximum Gasteiger partial charge on any atom is 0.437 e. The van der Waals surface area contributed by atoms with Gasteiger partial charge in [0.05, 0.1) is 18.5 Å². The van der Waals surface area contributed by atoms with Crippen molar-refractivity contribution in [2.75, 3.05) is 19.4 Å². The minimum Gasteiger partial charge on any atom is -0.442 e. The van der Waals surface area contributed by atoms with E-state index in [4.69, 9.17) is 9.16 Å². The summed E-state index contributed by atoms with van der Waals surface area (Å²) >= 11 is 0. The molecule has 1 amide bonds. The number of nitrogens with one attached hydrogen (secondary N) is 1. The molecular formula is C26H44FN5O6SSi. The first kappa shape index (κ1) is 33.7. The molecule has 1 heterocycles. The van der Waals surface area contributed by atoms with Crippen molar-refractivity contribution in [3.05, 3.63) is 35.6 Å². The Balaban J connectivity index is 2.59. The van der Waals surface area contributed by atoms with E-state index < -0.39 is 53.2 Å². The molecule has 0 fully saturated rings. The molecule has 2 rings (SSSR count). The monoisotopic (exact) mass is 601 g/mol. The van der Waals surface area contributed by atoms with Crippen LogP contribution in [0.4, 0.5) is 9.18 Å². The molecule has 40 heavy (non-hydrogen) atoms. The molecule has 0 saturated heterocycles. The van der Waals surface area contributed by atoms with Gasteiger partial charge >= 0.3 is 6.09 Å². The van der Waals surface area contributed by atoms with Crippen molar-refractivity contribution < 1.29 is 31.9 Å². The molecule has 2 unspecified atom stereocenters. The second kappa shape index (κ2) is 12.1.